The summed E-state index contributed by atoms with van der Waals surface area (Å²) in [6.45, 7) is 0.0789. The molecule has 7 nitrogen and oxygen atoms in total. The number of aromatic nitrogens is 1. The maximum atomic E-state index is 12.6. The molecule has 3 aromatic rings. The number of methoxy groups -OCH3 is 3. The minimum Gasteiger partial charge on any atom is -0.497 e. The van der Waals surface area contributed by atoms with Crippen LogP contribution in [0.3, 0.4) is 0 Å². The number of ether oxygens (including phenoxy) is 3. The Bertz CT molecular complexity index is 1020. The van der Waals surface area contributed by atoms with Gasteiger partial charge in [-0.25, -0.2) is 0 Å². The summed E-state index contributed by atoms with van der Waals surface area (Å²) in [5, 5.41) is 4.11. The summed E-state index contributed by atoms with van der Waals surface area (Å²) in [6, 6.07) is 10.7. The second-order valence-electron chi connectivity index (χ2n) is 6.34. The number of anilines is 2. The van der Waals surface area contributed by atoms with Crippen LogP contribution in [0.5, 0.6) is 17.2 Å². The van der Waals surface area contributed by atoms with Crippen LogP contribution in [-0.4, -0.2) is 45.8 Å². The molecule has 0 aliphatic heterocycles. The van der Waals surface area contributed by atoms with Crippen LogP contribution >= 0.6 is 11.6 Å². The number of carbonyl (C=O) groups excluding carboxylic acids is 1. The van der Waals surface area contributed by atoms with Crippen molar-refractivity contribution >= 4 is 39.8 Å². The highest BCUT2D eigenvalue weighted by molar-refractivity contribution is 6.34. The zero-order valence-corrected chi connectivity index (χ0v) is 17.4. The van der Waals surface area contributed by atoms with Gasteiger partial charge >= 0.3 is 0 Å². The third-order valence-electron chi connectivity index (χ3n) is 4.40. The first-order chi connectivity index (χ1) is 13.9. The number of benzene rings is 2. The number of hydrogen-bond acceptors (Lipinski definition) is 6. The average Bonchev–Trinajstić information content (AvgIpc) is 2.72. The summed E-state index contributed by atoms with van der Waals surface area (Å²) in [5.74, 6) is 1.64. The van der Waals surface area contributed by atoms with Crippen molar-refractivity contribution in [3.63, 3.8) is 0 Å². The quantitative estimate of drug-likeness (QED) is 0.629. The number of nitrogens with one attached hydrogen (secondary N) is 1. The largest absolute Gasteiger partial charge is 0.497 e. The molecule has 0 saturated carbocycles. The van der Waals surface area contributed by atoms with Crippen molar-refractivity contribution < 1.29 is 19.0 Å². The second kappa shape index (κ2) is 8.87. The molecule has 0 atom stereocenters. The Labute approximate surface area is 174 Å². The van der Waals surface area contributed by atoms with Crippen LogP contribution in [0.15, 0.2) is 42.6 Å². The average molecular weight is 416 g/mol. The van der Waals surface area contributed by atoms with E-state index in [9.17, 15) is 4.79 Å². The first kappa shape index (κ1) is 20.5. The van der Waals surface area contributed by atoms with E-state index in [0.717, 1.165) is 10.9 Å². The molecule has 29 heavy (non-hydrogen) atoms. The highest BCUT2D eigenvalue weighted by Gasteiger charge is 2.16. The lowest BCUT2D eigenvalue weighted by Gasteiger charge is -2.22. The zero-order valence-electron chi connectivity index (χ0n) is 16.7. The first-order valence-corrected chi connectivity index (χ1v) is 9.19. The molecule has 0 aliphatic rings. The molecule has 1 amide bonds. The molecule has 3 rings (SSSR count). The van der Waals surface area contributed by atoms with E-state index in [1.807, 2.05) is 18.2 Å². The van der Waals surface area contributed by atoms with E-state index in [0.29, 0.717) is 33.6 Å². The zero-order chi connectivity index (χ0) is 21.0. The summed E-state index contributed by atoms with van der Waals surface area (Å²) in [6.07, 6.45) is 1.58. The van der Waals surface area contributed by atoms with Crippen molar-refractivity contribution in [1.29, 1.82) is 0 Å². The van der Waals surface area contributed by atoms with Gasteiger partial charge in [0.15, 0.2) is 0 Å². The molecule has 0 saturated heterocycles. The van der Waals surface area contributed by atoms with Crippen LogP contribution in [0.2, 0.25) is 5.02 Å². The van der Waals surface area contributed by atoms with Gasteiger partial charge in [-0.3, -0.25) is 9.78 Å². The van der Waals surface area contributed by atoms with Crippen molar-refractivity contribution in [3.05, 3.63) is 47.6 Å². The maximum Gasteiger partial charge on any atom is 0.243 e. The molecule has 2 aromatic carbocycles. The van der Waals surface area contributed by atoms with Crippen molar-refractivity contribution in [2.24, 2.45) is 0 Å². The Morgan fingerprint density at radius 3 is 2.31 bits per heavy atom. The van der Waals surface area contributed by atoms with Gasteiger partial charge in [0, 0.05) is 42.5 Å². The van der Waals surface area contributed by atoms with Crippen LogP contribution in [0.1, 0.15) is 0 Å². The standard InChI is InChI=1S/C21H22ClN3O4/c1-25(12-20(26)24-13-7-15(28-3)9-16(8-13)29-4)21-17-10-14(27-2)5-6-19(17)23-11-18(21)22/h5-11H,12H2,1-4H3,(H,24,26). The smallest absolute Gasteiger partial charge is 0.243 e. The van der Waals surface area contributed by atoms with Gasteiger partial charge in [0.05, 0.1) is 44.1 Å². The Morgan fingerprint density at radius 1 is 1.03 bits per heavy atom. The van der Waals surface area contributed by atoms with Crippen LogP contribution in [0, 0.1) is 0 Å². The van der Waals surface area contributed by atoms with Crippen molar-refractivity contribution in [2.45, 2.75) is 0 Å². The number of amides is 1. The first-order valence-electron chi connectivity index (χ1n) is 8.81. The van der Waals surface area contributed by atoms with E-state index in [4.69, 9.17) is 25.8 Å². The minimum atomic E-state index is -0.216. The van der Waals surface area contributed by atoms with Gasteiger partial charge in [-0.05, 0) is 18.2 Å². The molecule has 0 unspecified atom stereocenters. The lowest BCUT2D eigenvalue weighted by atomic mass is 10.1. The van der Waals surface area contributed by atoms with Gasteiger partial charge in [0.1, 0.15) is 17.2 Å². The van der Waals surface area contributed by atoms with Gasteiger partial charge in [-0.1, -0.05) is 11.6 Å². The predicted octanol–water partition coefficient (Wildman–Crippen LogP) is 3.99. The Kier molecular flexibility index (Phi) is 6.29. The molecule has 8 heteroatoms. The summed E-state index contributed by atoms with van der Waals surface area (Å²) in [4.78, 5) is 18.8. The topological polar surface area (TPSA) is 72.9 Å². The number of pyridine rings is 1. The number of halogens is 1. The Morgan fingerprint density at radius 2 is 1.69 bits per heavy atom. The lowest BCUT2D eigenvalue weighted by molar-refractivity contribution is -0.114. The molecule has 152 valence electrons. The van der Waals surface area contributed by atoms with E-state index in [1.54, 1.807) is 57.7 Å². The van der Waals surface area contributed by atoms with Crippen LogP contribution in [0.4, 0.5) is 11.4 Å². The third kappa shape index (κ3) is 4.63. The number of carbonyl (C=O) groups is 1. The van der Waals surface area contributed by atoms with Crippen molar-refractivity contribution in [1.82, 2.24) is 4.98 Å². The maximum absolute atomic E-state index is 12.6. The summed E-state index contributed by atoms with van der Waals surface area (Å²) in [7, 11) is 6.50. The number of nitrogens with zero attached hydrogens (tertiary/aromatic N) is 2. The van der Waals surface area contributed by atoms with E-state index in [-0.39, 0.29) is 12.5 Å². The number of hydrogen-bond donors (Lipinski definition) is 1. The molecule has 1 N–H and O–H groups in total. The Hall–Kier alpha value is -3.19. The fourth-order valence-electron chi connectivity index (χ4n) is 3.02. The van der Waals surface area contributed by atoms with Crippen LogP contribution < -0.4 is 24.4 Å². The molecule has 1 aromatic heterocycles. The molecular formula is C21H22ClN3O4. The van der Waals surface area contributed by atoms with Crippen LogP contribution in [-0.2, 0) is 4.79 Å². The fraction of sp³-hybridized carbons (Fsp3) is 0.238. The lowest BCUT2D eigenvalue weighted by Crippen LogP contribution is -2.30. The number of rotatable bonds is 7. The van der Waals surface area contributed by atoms with E-state index >= 15 is 0 Å². The molecule has 1 heterocycles. The molecule has 0 bridgehead atoms. The van der Waals surface area contributed by atoms with E-state index in [2.05, 4.69) is 10.3 Å². The molecule has 0 fully saturated rings. The molecule has 0 spiro atoms. The Balaban J connectivity index is 1.84. The number of likely N-dealkylation sites (N-methyl/N-ethyl adjacent to an activating group) is 1. The molecular weight excluding hydrogens is 394 g/mol. The van der Waals surface area contributed by atoms with E-state index < -0.39 is 0 Å². The second-order valence-corrected chi connectivity index (χ2v) is 6.75. The van der Waals surface area contributed by atoms with Crippen molar-refractivity contribution in [2.75, 3.05) is 45.1 Å². The SMILES string of the molecule is COc1cc(NC(=O)CN(C)c2c(Cl)cnc3ccc(OC)cc23)cc(OC)c1. The normalized spacial score (nSPS) is 10.5. The highest BCUT2D eigenvalue weighted by atomic mass is 35.5. The van der Waals surface area contributed by atoms with Crippen molar-refractivity contribution in [3.8, 4) is 17.2 Å². The summed E-state index contributed by atoms with van der Waals surface area (Å²) in [5.41, 5.74) is 2.04. The molecule has 0 aliphatic carbocycles. The van der Waals surface area contributed by atoms with E-state index in [1.165, 1.54) is 0 Å². The molecule has 0 radical (unpaired) electrons. The van der Waals surface area contributed by atoms with Gasteiger partial charge in [0.2, 0.25) is 5.91 Å². The minimum absolute atomic E-state index is 0.0789. The highest BCUT2D eigenvalue weighted by Crippen LogP contribution is 2.34. The summed E-state index contributed by atoms with van der Waals surface area (Å²) >= 11 is 6.41. The summed E-state index contributed by atoms with van der Waals surface area (Å²) < 4.78 is 15.8. The van der Waals surface area contributed by atoms with Gasteiger partial charge < -0.3 is 24.4 Å². The van der Waals surface area contributed by atoms with Gasteiger partial charge in [-0.2, -0.15) is 0 Å². The van der Waals surface area contributed by atoms with Gasteiger partial charge in [-0.15, -0.1) is 0 Å². The fourth-order valence-corrected chi connectivity index (χ4v) is 3.32. The van der Waals surface area contributed by atoms with Crippen LogP contribution in [0.25, 0.3) is 10.9 Å². The third-order valence-corrected chi connectivity index (χ3v) is 4.68. The number of fused-ring (bicyclic) bond motifs is 1. The monoisotopic (exact) mass is 415 g/mol. The van der Waals surface area contributed by atoms with Gasteiger partial charge in [0.25, 0.3) is 0 Å². The predicted molar refractivity (Wildman–Crippen MR) is 115 cm³/mol.